The van der Waals surface area contributed by atoms with E-state index in [-0.39, 0.29) is 12.1 Å². The van der Waals surface area contributed by atoms with Crippen LogP contribution in [0.4, 0.5) is 10.5 Å². The van der Waals surface area contributed by atoms with E-state index in [9.17, 15) is 10.1 Å². The van der Waals surface area contributed by atoms with Crippen LogP contribution in [0, 0.1) is 11.3 Å². The van der Waals surface area contributed by atoms with Crippen molar-refractivity contribution in [3.05, 3.63) is 51.7 Å². The van der Waals surface area contributed by atoms with Crippen LogP contribution in [-0.2, 0) is 0 Å². The van der Waals surface area contributed by atoms with Gasteiger partial charge < -0.3 is 10.2 Å². The molecule has 1 aromatic heterocycles. The summed E-state index contributed by atoms with van der Waals surface area (Å²) in [6.07, 6.45) is 0. The van der Waals surface area contributed by atoms with Gasteiger partial charge in [-0.15, -0.1) is 11.3 Å². The van der Waals surface area contributed by atoms with Crippen molar-refractivity contribution in [3.63, 3.8) is 0 Å². The molecule has 1 aliphatic heterocycles. The predicted octanol–water partition coefficient (Wildman–Crippen LogP) is 3.82. The number of halogens is 1. The molecule has 1 fully saturated rings. The van der Waals surface area contributed by atoms with Gasteiger partial charge in [-0.05, 0) is 35.7 Å². The first-order valence-electron chi connectivity index (χ1n) is 7.66. The number of carbonyl (C=O) groups is 1. The third-order valence-corrected chi connectivity index (χ3v) is 5.17. The molecule has 2 heterocycles. The highest BCUT2D eigenvalue weighted by molar-refractivity contribution is 7.10. The SMILES string of the molecule is N#CC(c1cccs1)N1CCN(C(=O)Nc2ccc(Cl)cc2)CC1. The monoisotopic (exact) mass is 360 g/mol. The number of urea groups is 1. The molecule has 0 spiro atoms. The van der Waals surface area contributed by atoms with Crippen LogP contribution in [-0.4, -0.2) is 42.0 Å². The van der Waals surface area contributed by atoms with Crippen LogP contribution in [0.15, 0.2) is 41.8 Å². The van der Waals surface area contributed by atoms with E-state index in [1.165, 1.54) is 0 Å². The highest BCUT2D eigenvalue weighted by atomic mass is 35.5. The summed E-state index contributed by atoms with van der Waals surface area (Å²) in [4.78, 5) is 17.3. The molecule has 0 saturated carbocycles. The van der Waals surface area contributed by atoms with Crippen molar-refractivity contribution in [1.29, 1.82) is 5.26 Å². The second-order valence-electron chi connectivity index (χ2n) is 5.51. The van der Waals surface area contributed by atoms with Crippen LogP contribution in [0.5, 0.6) is 0 Å². The summed E-state index contributed by atoms with van der Waals surface area (Å²) in [7, 11) is 0. The van der Waals surface area contributed by atoms with E-state index in [2.05, 4.69) is 16.3 Å². The molecule has 3 rings (SSSR count). The molecule has 1 saturated heterocycles. The molecule has 2 aromatic rings. The number of carbonyl (C=O) groups excluding carboxylic acids is 1. The molecular weight excluding hydrogens is 344 g/mol. The summed E-state index contributed by atoms with van der Waals surface area (Å²) in [6, 6.07) is 13.0. The van der Waals surface area contributed by atoms with Gasteiger partial charge in [0.05, 0.1) is 6.07 Å². The molecule has 1 atom stereocenters. The van der Waals surface area contributed by atoms with Crippen LogP contribution in [0.25, 0.3) is 0 Å². The summed E-state index contributed by atoms with van der Waals surface area (Å²) >= 11 is 7.44. The zero-order valence-corrected chi connectivity index (χ0v) is 14.6. The van der Waals surface area contributed by atoms with Gasteiger partial charge >= 0.3 is 6.03 Å². The number of rotatable bonds is 3. The maximum atomic E-state index is 12.3. The summed E-state index contributed by atoms with van der Waals surface area (Å²) in [5.41, 5.74) is 0.723. The van der Waals surface area contributed by atoms with E-state index in [0.29, 0.717) is 31.2 Å². The van der Waals surface area contributed by atoms with Crippen LogP contribution >= 0.6 is 22.9 Å². The number of hydrogen-bond acceptors (Lipinski definition) is 4. The number of nitrogens with zero attached hydrogens (tertiary/aromatic N) is 3. The minimum Gasteiger partial charge on any atom is -0.322 e. The van der Waals surface area contributed by atoms with Gasteiger partial charge in [0.1, 0.15) is 6.04 Å². The van der Waals surface area contributed by atoms with Crippen LogP contribution in [0.2, 0.25) is 5.02 Å². The Hall–Kier alpha value is -2.07. The highest BCUT2D eigenvalue weighted by Gasteiger charge is 2.27. The normalized spacial score (nSPS) is 16.4. The fourth-order valence-corrected chi connectivity index (χ4v) is 3.62. The number of benzene rings is 1. The Labute approximate surface area is 150 Å². The average Bonchev–Trinajstić information content (AvgIpc) is 3.12. The fraction of sp³-hybridized carbons (Fsp3) is 0.294. The number of piperazine rings is 1. The van der Waals surface area contributed by atoms with Crippen molar-refractivity contribution >= 4 is 34.7 Å². The lowest BCUT2D eigenvalue weighted by atomic mass is 10.2. The zero-order valence-electron chi connectivity index (χ0n) is 13.0. The summed E-state index contributed by atoms with van der Waals surface area (Å²) in [5, 5.41) is 14.9. The van der Waals surface area contributed by atoms with Crippen molar-refractivity contribution in [2.75, 3.05) is 31.5 Å². The zero-order chi connectivity index (χ0) is 16.9. The predicted molar refractivity (Wildman–Crippen MR) is 96.3 cm³/mol. The molecule has 124 valence electrons. The third kappa shape index (κ3) is 3.88. The Kier molecular flexibility index (Phi) is 5.36. The first-order chi connectivity index (χ1) is 11.7. The van der Waals surface area contributed by atoms with E-state index < -0.39 is 0 Å². The molecule has 1 aromatic carbocycles. The largest absolute Gasteiger partial charge is 0.322 e. The topological polar surface area (TPSA) is 59.4 Å². The summed E-state index contributed by atoms with van der Waals surface area (Å²) in [5.74, 6) is 0. The van der Waals surface area contributed by atoms with Gasteiger partial charge in [-0.3, -0.25) is 4.90 Å². The Balaban J connectivity index is 1.55. The molecule has 24 heavy (non-hydrogen) atoms. The first-order valence-corrected chi connectivity index (χ1v) is 8.91. The van der Waals surface area contributed by atoms with E-state index in [4.69, 9.17) is 11.6 Å². The minimum atomic E-state index is -0.230. The van der Waals surface area contributed by atoms with Crippen molar-refractivity contribution < 1.29 is 4.79 Å². The minimum absolute atomic E-state index is 0.124. The molecule has 1 aliphatic rings. The molecule has 2 amide bonds. The molecule has 1 N–H and O–H groups in total. The van der Waals surface area contributed by atoms with Gasteiger partial charge in [0.15, 0.2) is 0 Å². The Morgan fingerprint density at radius 1 is 1.21 bits per heavy atom. The highest BCUT2D eigenvalue weighted by Crippen LogP contribution is 2.25. The van der Waals surface area contributed by atoms with Gasteiger partial charge in [-0.1, -0.05) is 17.7 Å². The quantitative estimate of drug-likeness (QED) is 0.905. The third-order valence-electron chi connectivity index (χ3n) is 4.00. The maximum absolute atomic E-state index is 12.3. The van der Waals surface area contributed by atoms with E-state index >= 15 is 0 Å². The molecule has 0 bridgehead atoms. The standard InChI is InChI=1S/C17H17ClN4OS/c18-13-3-5-14(6-4-13)20-17(23)22-9-7-21(8-10-22)15(12-19)16-2-1-11-24-16/h1-6,11,15H,7-10H2,(H,20,23). The van der Waals surface area contributed by atoms with Gasteiger partial charge in [0.25, 0.3) is 0 Å². The summed E-state index contributed by atoms with van der Waals surface area (Å²) < 4.78 is 0. The number of nitriles is 1. The lowest BCUT2D eigenvalue weighted by molar-refractivity contribution is 0.132. The first kappa shape index (κ1) is 16.8. The van der Waals surface area contributed by atoms with Crippen molar-refractivity contribution in [2.45, 2.75) is 6.04 Å². The van der Waals surface area contributed by atoms with E-state index in [1.807, 2.05) is 17.5 Å². The molecule has 7 heteroatoms. The van der Waals surface area contributed by atoms with Gasteiger partial charge in [0.2, 0.25) is 0 Å². The average molecular weight is 361 g/mol. The van der Waals surface area contributed by atoms with Crippen molar-refractivity contribution in [3.8, 4) is 6.07 Å². The number of nitrogens with one attached hydrogen (secondary N) is 1. The van der Waals surface area contributed by atoms with Crippen LogP contribution in [0.1, 0.15) is 10.9 Å². The Morgan fingerprint density at radius 2 is 1.92 bits per heavy atom. The maximum Gasteiger partial charge on any atom is 0.321 e. The van der Waals surface area contributed by atoms with E-state index in [0.717, 1.165) is 10.6 Å². The van der Waals surface area contributed by atoms with Gasteiger partial charge in [-0.2, -0.15) is 5.26 Å². The van der Waals surface area contributed by atoms with Crippen LogP contribution in [0.3, 0.4) is 0 Å². The molecule has 1 unspecified atom stereocenters. The van der Waals surface area contributed by atoms with Gasteiger partial charge in [-0.25, -0.2) is 4.79 Å². The van der Waals surface area contributed by atoms with Gasteiger partial charge in [0, 0.05) is 41.8 Å². The fourth-order valence-electron chi connectivity index (χ4n) is 2.69. The second kappa shape index (κ2) is 7.67. The molecule has 0 radical (unpaired) electrons. The van der Waals surface area contributed by atoms with Crippen LogP contribution < -0.4 is 5.32 Å². The van der Waals surface area contributed by atoms with Crippen molar-refractivity contribution in [2.24, 2.45) is 0 Å². The lowest BCUT2D eigenvalue weighted by Gasteiger charge is -2.36. The molecular formula is C17H17ClN4OS. The Bertz CT molecular complexity index is 718. The number of thiophene rings is 1. The lowest BCUT2D eigenvalue weighted by Crippen LogP contribution is -2.50. The summed E-state index contributed by atoms with van der Waals surface area (Å²) in [6.45, 7) is 2.57. The number of hydrogen-bond donors (Lipinski definition) is 1. The Morgan fingerprint density at radius 3 is 2.50 bits per heavy atom. The van der Waals surface area contributed by atoms with E-state index in [1.54, 1.807) is 40.5 Å². The van der Waals surface area contributed by atoms with Crippen molar-refractivity contribution in [1.82, 2.24) is 9.80 Å². The number of amides is 2. The molecule has 5 nitrogen and oxygen atoms in total. The smallest absolute Gasteiger partial charge is 0.321 e. The number of anilines is 1. The second-order valence-corrected chi connectivity index (χ2v) is 6.92. The molecule has 0 aliphatic carbocycles.